The van der Waals surface area contributed by atoms with Crippen molar-refractivity contribution in [2.45, 2.75) is 25.7 Å². The Balaban J connectivity index is 1.57. The smallest absolute Gasteiger partial charge is 0.251 e. The molecule has 0 aromatic heterocycles. The van der Waals surface area contributed by atoms with Gasteiger partial charge in [-0.2, -0.15) is 0 Å². The lowest BCUT2D eigenvalue weighted by molar-refractivity contribution is 0.0938. The minimum Gasteiger partial charge on any atom is -0.385 e. The van der Waals surface area contributed by atoms with E-state index in [1.807, 2.05) is 12.1 Å². The molecule has 2 N–H and O–H groups in total. The van der Waals surface area contributed by atoms with E-state index in [1.54, 1.807) is 7.11 Å². The molecule has 20 heavy (non-hydrogen) atoms. The van der Waals surface area contributed by atoms with Crippen LogP contribution in [-0.4, -0.2) is 32.7 Å². The van der Waals surface area contributed by atoms with Crippen molar-refractivity contribution in [1.29, 1.82) is 0 Å². The predicted octanol–water partition coefficient (Wildman–Crippen LogP) is 2.20. The maximum Gasteiger partial charge on any atom is 0.251 e. The van der Waals surface area contributed by atoms with Crippen LogP contribution in [0.4, 0.5) is 5.69 Å². The molecule has 0 saturated heterocycles. The van der Waals surface area contributed by atoms with Crippen LogP contribution in [0.25, 0.3) is 0 Å². The van der Waals surface area contributed by atoms with E-state index < -0.39 is 0 Å². The molecular weight excluding hydrogens is 252 g/mol. The topological polar surface area (TPSA) is 50.4 Å². The molecule has 4 heteroatoms. The van der Waals surface area contributed by atoms with Crippen LogP contribution in [-0.2, 0) is 11.2 Å². The van der Waals surface area contributed by atoms with Gasteiger partial charge in [-0.05, 0) is 48.8 Å². The highest BCUT2D eigenvalue weighted by Gasteiger charge is 2.42. The van der Waals surface area contributed by atoms with Crippen molar-refractivity contribution >= 4 is 11.6 Å². The second-order valence-electron chi connectivity index (χ2n) is 5.97. The molecule has 4 nitrogen and oxygen atoms in total. The third kappa shape index (κ3) is 2.80. The van der Waals surface area contributed by atoms with E-state index in [-0.39, 0.29) is 5.91 Å². The first-order valence-electron chi connectivity index (χ1n) is 7.36. The van der Waals surface area contributed by atoms with Crippen LogP contribution in [0.5, 0.6) is 0 Å². The Morgan fingerprint density at radius 2 is 2.30 bits per heavy atom. The summed E-state index contributed by atoms with van der Waals surface area (Å²) in [6, 6.07) is 5.95. The molecule has 108 valence electrons. The number of carbonyl (C=O) groups excluding carboxylic acids is 1. The number of hydrogen-bond acceptors (Lipinski definition) is 3. The van der Waals surface area contributed by atoms with E-state index in [0.717, 1.165) is 43.8 Å². The summed E-state index contributed by atoms with van der Waals surface area (Å²) in [6.45, 7) is 2.51. The molecule has 1 saturated carbocycles. The Labute approximate surface area is 119 Å². The number of hydrogen-bond donors (Lipinski definition) is 2. The van der Waals surface area contributed by atoms with E-state index in [1.165, 1.54) is 18.4 Å². The van der Waals surface area contributed by atoms with Gasteiger partial charge in [0.15, 0.2) is 0 Å². The van der Waals surface area contributed by atoms with Gasteiger partial charge in [0.2, 0.25) is 0 Å². The quantitative estimate of drug-likeness (QED) is 0.836. The van der Waals surface area contributed by atoms with Crippen molar-refractivity contribution < 1.29 is 9.53 Å². The lowest BCUT2D eigenvalue weighted by atomic mass is 10.0. The van der Waals surface area contributed by atoms with E-state index >= 15 is 0 Å². The van der Waals surface area contributed by atoms with E-state index in [0.29, 0.717) is 5.41 Å². The molecule has 3 rings (SSSR count). The first-order valence-corrected chi connectivity index (χ1v) is 7.36. The molecule has 1 aromatic rings. The van der Waals surface area contributed by atoms with Crippen LogP contribution in [0.15, 0.2) is 18.2 Å². The molecule has 1 aliphatic heterocycles. The SMILES string of the molecule is COCCC1(CNC(=O)c2ccc3c(c2)NCC3)CC1. The maximum atomic E-state index is 12.2. The lowest BCUT2D eigenvalue weighted by Crippen LogP contribution is -2.30. The summed E-state index contributed by atoms with van der Waals surface area (Å²) in [5, 5.41) is 6.39. The largest absolute Gasteiger partial charge is 0.385 e. The van der Waals surface area contributed by atoms with Gasteiger partial charge in [0.25, 0.3) is 5.91 Å². The third-order valence-corrected chi connectivity index (χ3v) is 4.50. The van der Waals surface area contributed by atoms with Crippen molar-refractivity contribution in [2.24, 2.45) is 5.41 Å². The molecule has 0 atom stereocenters. The van der Waals surface area contributed by atoms with Gasteiger partial charge < -0.3 is 15.4 Å². The highest BCUT2D eigenvalue weighted by atomic mass is 16.5. The van der Waals surface area contributed by atoms with Crippen molar-refractivity contribution in [3.8, 4) is 0 Å². The molecule has 1 aliphatic carbocycles. The maximum absolute atomic E-state index is 12.2. The van der Waals surface area contributed by atoms with Gasteiger partial charge in [0.1, 0.15) is 0 Å². The van der Waals surface area contributed by atoms with Crippen molar-refractivity contribution in [2.75, 3.05) is 32.1 Å². The fourth-order valence-electron chi connectivity index (χ4n) is 2.81. The average Bonchev–Trinajstić information content (AvgIpc) is 3.09. The molecular formula is C16H22N2O2. The fourth-order valence-corrected chi connectivity index (χ4v) is 2.81. The molecule has 0 unspecified atom stereocenters. The van der Waals surface area contributed by atoms with Crippen LogP contribution < -0.4 is 10.6 Å². The number of benzene rings is 1. The zero-order valence-electron chi connectivity index (χ0n) is 12.0. The normalized spacial score (nSPS) is 18.2. The number of ether oxygens (including phenoxy) is 1. The zero-order chi connectivity index (χ0) is 14.0. The number of fused-ring (bicyclic) bond motifs is 1. The van der Waals surface area contributed by atoms with Gasteiger partial charge in [-0.1, -0.05) is 6.07 Å². The fraction of sp³-hybridized carbons (Fsp3) is 0.562. The number of anilines is 1. The molecule has 1 amide bonds. The monoisotopic (exact) mass is 274 g/mol. The molecule has 1 aromatic carbocycles. The number of rotatable bonds is 6. The molecule has 0 bridgehead atoms. The molecule has 2 aliphatic rings. The predicted molar refractivity (Wildman–Crippen MR) is 79.1 cm³/mol. The van der Waals surface area contributed by atoms with Crippen LogP contribution in [0.2, 0.25) is 0 Å². The minimum absolute atomic E-state index is 0.0326. The minimum atomic E-state index is 0.0326. The number of methoxy groups -OCH3 is 1. The Hall–Kier alpha value is -1.55. The Morgan fingerprint density at radius 1 is 1.45 bits per heavy atom. The second-order valence-corrected chi connectivity index (χ2v) is 5.97. The van der Waals surface area contributed by atoms with Crippen LogP contribution in [0.3, 0.4) is 0 Å². The first-order chi connectivity index (χ1) is 9.72. The molecule has 0 radical (unpaired) electrons. The second kappa shape index (κ2) is 5.44. The highest BCUT2D eigenvalue weighted by Crippen LogP contribution is 2.48. The third-order valence-electron chi connectivity index (χ3n) is 4.50. The summed E-state index contributed by atoms with van der Waals surface area (Å²) >= 11 is 0. The summed E-state index contributed by atoms with van der Waals surface area (Å²) in [4.78, 5) is 12.2. The van der Waals surface area contributed by atoms with Gasteiger partial charge in [0, 0.05) is 38.1 Å². The first kappa shape index (κ1) is 13.4. The van der Waals surface area contributed by atoms with Crippen molar-refractivity contribution in [1.82, 2.24) is 5.32 Å². The van der Waals surface area contributed by atoms with Crippen LogP contribution in [0, 0.1) is 5.41 Å². The summed E-state index contributed by atoms with van der Waals surface area (Å²) < 4.78 is 5.14. The van der Waals surface area contributed by atoms with Gasteiger partial charge in [-0.15, -0.1) is 0 Å². The Kier molecular flexibility index (Phi) is 3.66. The van der Waals surface area contributed by atoms with E-state index in [2.05, 4.69) is 16.7 Å². The van der Waals surface area contributed by atoms with Crippen molar-refractivity contribution in [3.05, 3.63) is 29.3 Å². The summed E-state index contributed by atoms with van der Waals surface area (Å²) in [6.07, 6.45) is 4.48. The summed E-state index contributed by atoms with van der Waals surface area (Å²) in [5.41, 5.74) is 3.46. The summed E-state index contributed by atoms with van der Waals surface area (Å²) in [5.74, 6) is 0.0326. The zero-order valence-corrected chi connectivity index (χ0v) is 12.0. The standard InChI is InChI=1S/C16H22N2O2/c1-20-9-7-16(5-6-16)11-18-15(19)13-3-2-12-4-8-17-14(12)10-13/h2-3,10,17H,4-9,11H2,1H3,(H,18,19). The molecule has 1 fully saturated rings. The van der Waals surface area contributed by atoms with Gasteiger partial charge in [-0.3, -0.25) is 4.79 Å². The van der Waals surface area contributed by atoms with Gasteiger partial charge in [0.05, 0.1) is 0 Å². The van der Waals surface area contributed by atoms with Crippen LogP contribution in [0.1, 0.15) is 35.2 Å². The highest BCUT2D eigenvalue weighted by molar-refractivity contribution is 5.95. The molecule has 0 spiro atoms. The Bertz CT molecular complexity index is 509. The number of nitrogens with one attached hydrogen (secondary N) is 2. The van der Waals surface area contributed by atoms with E-state index in [4.69, 9.17) is 4.74 Å². The summed E-state index contributed by atoms with van der Waals surface area (Å²) in [7, 11) is 1.73. The van der Waals surface area contributed by atoms with Gasteiger partial charge >= 0.3 is 0 Å². The number of amides is 1. The van der Waals surface area contributed by atoms with Crippen LogP contribution >= 0.6 is 0 Å². The lowest BCUT2D eigenvalue weighted by Gasteiger charge is -2.15. The molecule has 1 heterocycles. The number of carbonyl (C=O) groups is 1. The van der Waals surface area contributed by atoms with E-state index in [9.17, 15) is 4.79 Å². The van der Waals surface area contributed by atoms with Gasteiger partial charge in [-0.25, -0.2) is 0 Å². The Morgan fingerprint density at radius 3 is 3.05 bits per heavy atom. The average molecular weight is 274 g/mol. The van der Waals surface area contributed by atoms with Crippen molar-refractivity contribution in [3.63, 3.8) is 0 Å².